The molecule has 0 spiro atoms. The van der Waals surface area contributed by atoms with Gasteiger partial charge in [0.15, 0.2) is 0 Å². The molecule has 2 aliphatic rings. The van der Waals surface area contributed by atoms with Gasteiger partial charge < -0.3 is 5.73 Å². The summed E-state index contributed by atoms with van der Waals surface area (Å²) in [4.78, 5) is 2.48. The second-order valence-electron chi connectivity index (χ2n) is 3.71. The van der Waals surface area contributed by atoms with Crippen LogP contribution in [0, 0.1) is 0 Å². The van der Waals surface area contributed by atoms with Crippen LogP contribution in [0.15, 0.2) is 0 Å². The quantitative estimate of drug-likeness (QED) is 0.598. The Morgan fingerprint density at radius 2 is 1.67 bits per heavy atom. The molecule has 0 aromatic carbocycles. The van der Waals surface area contributed by atoms with Crippen molar-refractivity contribution < 1.29 is 0 Å². The molecule has 2 rings (SSSR count). The fraction of sp³-hybridized carbons (Fsp3) is 1.00. The Morgan fingerprint density at radius 1 is 1.08 bits per heavy atom. The standard InChI is InChI=1S/C8H16N2.C2H6/c1-10-6-2-4-7(9)8(10)5-3-6;1-2/h6-8H,2-5,9H2,1H3;1-2H3/t6-,7-,8-;/m1./s1. The summed E-state index contributed by atoms with van der Waals surface area (Å²) in [6.45, 7) is 4.00. The summed E-state index contributed by atoms with van der Waals surface area (Å²) in [5.41, 5.74) is 5.96. The van der Waals surface area contributed by atoms with Crippen molar-refractivity contribution in [3.8, 4) is 0 Å². The minimum atomic E-state index is 0.462. The number of nitrogens with zero attached hydrogens (tertiary/aromatic N) is 1. The van der Waals surface area contributed by atoms with Crippen molar-refractivity contribution in [2.45, 2.75) is 57.7 Å². The van der Waals surface area contributed by atoms with Crippen molar-refractivity contribution >= 4 is 0 Å². The number of hydrogen-bond donors (Lipinski definition) is 1. The topological polar surface area (TPSA) is 29.3 Å². The fourth-order valence-electron chi connectivity index (χ4n) is 2.48. The zero-order valence-corrected chi connectivity index (χ0v) is 8.59. The van der Waals surface area contributed by atoms with Gasteiger partial charge in [-0.3, -0.25) is 4.90 Å². The van der Waals surface area contributed by atoms with Crippen molar-refractivity contribution in [3.05, 3.63) is 0 Å². The van der Waals surface area contributed by atoms with E-state index in [1.807, 2.05) is 13.8 Å². The second kappa shape index (κ2) is 4.24. The van der Waals surface area contributed by atoms with Crippen LogP contribution in [0.3, 0.4) is 0 Å². The third-order valence-corrected chi connectivity index (χ3v) is 3.22. The van der Waals surface area contributed by atoms with E-state index in [9.17, 15) is 0 Å². The zero-order valence-electron chi connectivity index (χ0n) is 8.59. The maximum Gasteiger partial charge on any atom is 0.0247 e. The van der Waals surface area contributed by atoms with E-state index in [4.69, 9.17) is 5.73 Å². The van der Waals surface area contributed by atoms with Crippen LogP contribution in [0.5, 0.6) is 0 Å². The lowest BCUT2D eigenvalue weighted by molar-refractivity contribution is 0.158. The molecule has 0 unspecified atom stereocenters. The van der Waals surface area contributed by atoms with Crippen LogP contribution >= 0.6 is 0 Å². The predicted molar refractivity (Wildman–Crippen MR) is 53.1 cm³/mol. The van der Waals surface area contributed by atoms with E-state index in [2.05, 4.69) is 11.9 Å². The van der Waals surface area contributed by atoms with Crippen molar-refractivity contribution in [1.82, 2.24) is 4.90 Å². The third kappa shape index (κ3) is 1.64. The smallest absolute Gasteiger partial charge is 0.0247 e. The van der Waals surface area contributed by atoms with Crippen LogP contribution in [0.1, 0.15) is 39.5 Å². The summed E-state index contributed by atoms with van der Waals surface area (Å²) in [6, 6.07) is 2.03. The van der Waals surface area contributed by atoms with Gasteiger partial charge in [-0.1, -0.05) is 13.8 Å². The molecule has 2 heteroatoms. The van der Waals surface area contributed by atoms with Gasteiger partial charge >= 0.3 is 0 Å². The highest BCUT2D eigenvalue weighted by atomic mass is 15.2. The van der Waals surface area contributed by atoms with E-state index in [1.54, 1.807) is 0 Å². The lowest BCUT2D eigenvalue weighted by Gasteiger charge is -2.35. The second-order valence-corrected chi connectivity index (χ2v) is 3.71. The van der Waals surface area contributed by atoms with Crippen molar-refractivity contribution in [1.29, 1.82) is 0 Å². The van der Waals surface area contributed by atoms with E-state index in [-0.39, 0.29) is 0 Å². The molecule has 0 radical (unpaired) electrons. The Bertz CT molecular complexity index is 136. The van der Waals surface area contributed by atoms with Gasteiger partial charge in [0.05, 0.1) is 0 Å². The highest BCUT2D eigenvalue weighted by molar-refractivity contribution is 4.96. The van der Waals surface area contributed by atoms with Crippen LogP contribution in [-0.2, 0) is 0 Å². The Kier molecular flexibility index (Phi) is 3.53. The fourth-order valence-corrected chi connectivity index (χ4v) is 2.48. The first kappa shape index (κ1) is 10.0. The molecular weight excluding hydrogens is 148 g/mol. The van der Waals surface area contributed by atoms with Crippen LogP contribution in [0.4, 0.5) is 0 Å². The van der Waals surface area contributed by atoms with Gasteiger partial charge in [-0.15, -0.1) is 0 Å². The number of piperidine rings is 1. The lowest BCUT2D eigenvalue weighted by atomic mass is 9.99. The average molecular weight is 170 g/mol. The number of hydrogen-bond acceptors (Lipinski definition) is 2. The Balaban J connectivity index is 0.000000336. The van der Waals surface area contributed by atoms with E-state index < -0.39 is 0 Å². The van der Waals surface area contributed by atoms with Crippen molar-refractivity contribution in [2.75, 3.05) is 7.05 Å². The zero-order chi connectivity index (χ0) is 9.14. The number of fused-ring (bicyclic) bond motifs is 2. The SMILES string of the molecule is CC.CN1[C@@H]2CC[C@@H](N)[C@H]1CC2. The molecule has 0 saturated carbocycles. The van der Waals surface area contributed by atoms with E-state index in [1.165, 1.54) is 25.7 Å². The molecule has 3 atom stereocenters. The van der Waals surface area contributed by atoms with Crippen molar-refractivity contribution in [3.63, 3.8) is 0 Å². The molecular formula is C10H22N2. The highest BCUT2D eigenvalue weighted by Gasteiger charge is 2.38. The number of nitrogens with two attached hydrogens (primary N) is 1. The minimum Gasteiger partial charge on any atom is -0.326 e. The number of likely N-dealkylation sites (N-methyl/N-ethyl adjacent to an activating group) is 1. The summed E-state index contributed by atoms with van der Waals surface area (Å²) < 4.78 is 0. The maximum absolute atomic E-state index is 5.96. The van der Waals surface area contributed by atoms with Gasteiger partial charge in [-0.05, 0) is 32.7 Å². The third-order valence-electron chi connectivity index (χ3n) is 3.22. The molecule has 12 heavy (non-hydrogen) atoms. The summed E-state index contributed by atoms with van der Waals surface area (Å²) >= 11 is 0. The van der Waals surface area contributed by atoms with Crippen LogP contribution in [-0.4, -0.2) is 30.1 Å². The molecule has 2 heterocycles. The molecule has 0 amide bonds. The average Bonchev–Trinajstić information content (AvgIpc) is 2.34. The van der Waals surface area contributed by atoms with E-state index in [0.29, 0.717) is 12.1 Å². The molecule has 2 bridgehead atoms. The Labute approximate surface area is 76.1 Å². The summed E-state index contributed by atoms with van der Waals surface area (Å²) in [5.74, 6) is 0. The first-order valence-corrected chi connectivity index (χ1v) is 5.26. The molecule has 72 valence electrons. The van der Waals surface area contributed by atoms with Gasteiger partial charge in [-0.25, -0.2) is 0 Å². The molecule has 2 fully saturated rings. The maximum atomic E-state index is 5.96. The van der Waals surface area contributed by atoms with E-state index in [0.717, 1.165) is 6.04 Å². The van der Waals surface area contributed by atoms with Gasteiger partial charge in [0.1, 0.15) is 0 Å². The molecule has 0 aromatic heterocycles. The summed E-state index contributed by atoms with van der Waals surface area (Å²) in [6.07, 6.45) is 5.30. The predicted octanol–water partition coefficient (Wildman–Crippen LogP) is 1.60. The van der Waals surface area contributed by atoms with Crippen LogP contribution in [0.2, 0.25) is 0 Å². The van der Waals surface area contributed by atoms with Crippen LogP contribution in [0.25, 0.3) is 0 Å². The highest BCUT2D eigenvalue weighted by Crippen LogP contribution is 2.32. The number of rotatable bonds is 0. The van der Waals surface area contributed by atoms with Crippen molar-refractivity contribution in [2.24, 2.45) is 5.73 Å². The minimum absolute atomic E-state index is 0.462. The van der Waals surface area contributed by atoms with E-state index >= 15 is 0 Å². The normalized spacial score (nSPS) is 40.5. The summed E-state index contributed by atoms with van der Waals surface area (Å²) in [5, 5.41) is 0. The molecule has 0 aromatic rings. The molecule has 2 nitrogen and oxygen atoms in total. The van der Waals surface area contributed by atoms with Gasteiger partial charge in [0, 0.05) is 18.1 Å². The Morgan fingerprint density at radius 3 is 2.25 bits per heavy atom. The first-order valence-electron chi connectivity index (χ1n) is 5.26. The molecule has 2 saturated heterocycles. The lowest BCUT2D eigenvalue weighted by Crippen LogP contribution is -2.48. The monoisotopic (exact) mass is 170 g/mol. The van der Waals surface area contributed by atoms with Gasteiger partial charge in [0.25, 0.3) is 0 Å². The molecule has 2 N–H and O–H groups in total. The summed E-state index contributed by atoms with van der Waals surface area (Å²) in [7, 11) is 2.22. The molecule has 2 aliphatic heterocycles. The molecule has 0 aliphatic carbocycles. The first-order chi connectivity index (χ1) is 5.79. The van der Waals surface area contributed by atoms with Crippen LogP contribution < -0.4 is 5.73 Å². The Hall–Kier alpha value is -0.0800. The van der Waals surface area contributed by atoms with Gasteiger partial charge in [-0.2, -0.15) is 0 Å². The largest absolute Gasteiger partial charge is 0.326 e. The van der Waals surface area contributed by atoms with Gasteiger partial charge in [0.2, 0.25) is 0 Å².